The zero-order valence-corrected chi connectivity index (χ0v) is 9.56. The first-order valence-corrected chi connectivity index (χ1v) is 5.18. The number of aromatic carboxylic acids is 1. The lowest BCUT2D eigenvalue weighted by Gasteiger charge is -2.06. The van der Waals surface area contributed by atoms with Gasteiger partial charge in [-0.2, -0.15) is 0 Å². The van der Waals surface area contributed by atoms with E-state index >= 15 is 0 Å². The molecule has 0 aliphatic heterocycles. The molecular formula is C10H7BrN2O3. The van der Waals surface area contributed by atoms with Crippen LogP contribution in [0.15, 0.2) is 39.9 Å². The Kier molecular flexibility index (Phi) is 2.66. The van der Waals surface area contributed by atoms with E-state index in [1.165, 1.54) is 23.0 Å². The van der Waals surface area contributed by atoms with Gasteiger partial charge in [0.1, 0.15) is 0 Å². The Hall–Kier alpha value is -1.82. The summed E-state index contributed by atoms with van der Waals surface area (Å²) < 4.78 is 1.95. The Balaban J connectivity index is 2.72. The van der Waals surface area contributed by atoms with Crippen LogP contribution in [0, 0.1) is 0 Å². The Morgan fingerprint density at radius 2 is 2.19 bits per heavy atom. The molecule has 0 spiro atoms. The highest BCUT2D eigenvalue weighted by Gasteiger charge is 2.13. The maximum atomic E-state index is 11.4. The number of aromatic nitrogens is 2. The molecule has 6 heteroatoms. The first-order chi connectivity index (χ1) is 7.59. The number of carboxylic acids is 1. The van der Waals surface area contributed by atoms with E-state index in [2.05, 4.69) is 20.9 Å². The standard InChI is InChI=1S/C10H7BrN2O3/c11-6-1-2-7(9(14)15)8(5-6)13-4-3-12-10(13)16/h1-5H,(H,12,16)(H,14,15). The number of carbonyl (C=O) groups is 1. The molecule has 0 amide bonds. The van der Waals surface area contributed by atoms with Crippen LogP contribution in [0.4, 0.5) is 0 Å². The summed E-state index contributed by atoms with van der Waals surface area (Å²) in [6.45, 7) is 0. The van der Waals surface area contributed by atoms with E-state index < -0.39 is 5.97 Å². The molecular weight excluding hydrogens is 276 g/mol. The lowest BCUT2D eigenvalue weighted by molar-refractivity contribution is 0.0697. The quantitative estimate of drug-likeness (QED) is 0.879. The second-order valence-corrected chi connectivity index (χ2v) is 4.02. The number of aromatic amines is 1. The number of hydrogen-bond donors (Lipinski definition) is 2. The second kappa shape index (κ2) is 3.97. The van der Waals surface area contributed by atoms with Crippen LogP contribution in [0.25, 0.3) is 5.69 Å². The Labute approximate surface area is 98.5 Å². The largest absolute Gasteiger partial charge is 0.478 e. The van der Waals surface area contributed by atoms with Crippen molar-refractivity contribution in [3.05, 3.63) is 51.1 Å². The Bertz CT molecular complexity index is 600. The third-order valence-corrected chi connectivity index (χ3v) is 2.59. The molecule has 0 aliphatic carbocycles. The first kappa shape index (κ1) is 10.7. The summed E-state index contributed by atoms with van der Waals surface area (Å²) >= 11 is 3.24. The van der Waals surface area contributed by atoms with Crippen molar-refractivity contribution in [1.29, 1.82) is 0 Å². The van der Waals surface area contributed by atoms with Crippen molar-refractivity contribution in [2.45, 2.75) is 0 Å². The monoisotopic (exact) mass is 282 g/mol. The minimum atomic E-state index is -1.07. The van der Waals surface area contributed by atoms with Crippen molar-refractivity contribution in [1.82, 2.24) is 9.55 Å². The van der Waals surface area contributed by atoms with E-state index in [1.54, 1.807) is 12.1 Å². The van der Waals surface area contributed by atoms with Crippen LogP contribution in [-0.2, 0) is 0 Å². The number of rotatable bonds is 2. The zero-order valence-electron chi connectivity index (χ0n) is 7.98. The summed E-state index contributed by atoms with van der Waals surface area (Å²) in [6.07, 6.45) is 2.94. The Morgan fingerprint density at radius 3 is 2.75 bits per heavy atom. The molecule has 0 saturated heterocycles. The third kappa shape index (κ3) is 1.79. The van der Waals surface area contributed by atoms with Crippen LogP contribution in [0.2, 0.25) is 0 Å². The van der Waals surface area contributed by atoms with Gasteiger partial charge in [-0.25, -0.2) is 9.59 Å². The van der Waals surface area contributed by atoms with E-state index in [-0.39, 0.29) is 11.3 Å². The summed E-state index contributed by atoms with van der Waals surface area (Å²) in [7, 11) is 0. The smallest absolute Gasteiger partial charge is 0.337 e. The van der Waals surface area contributed by atoms with E-state index in [0.29, 0.717) is 10.2 Å². The molecule has 0 unspecified atom stereocenters. The summed E-state index contributed by atoms with van der Waals surface area (Å²) in [6, 6.07) is 4.64. The van der Waals surface area contributed by atoms with Crippen LogP contribution in [0.1, 0.15) is 10.4 Å². The fraction of sp³-hybridized carbons (Fsp3) is 0. The van der Waals surface area contributed by atoms with Crippen LogP contribution in [0.3, 0.4) is 0 Å². The Morgan fingerprint density at radius 1 is 1.44 bits per heavy atom. The molecule has 0 atom stereocenters. The number of nitrogens with zero attached hydrogens (tertiary/aromatic N) is 1. The predicted octanol–water partition coefficient (Wildman–Crippen LogP) is 1.63. The molecule has 0 aliphatic rings. The maximum absolute atomic E-state index is 11.4. The van der Waals surface area contributed by atoms with Crippen molar-refractivity contribution in [2.75, 3.05) is 0 Å². The van der Waals surface area contributed by atoms with Gasteiger partial charge in [0.25, 0.3) is 0 Å². The molecule has 0 saturated carbocycles. The maximum Gasteiger partial charge on any atom is 0.337 e. The molecule has 1 aromatic carbocycles. The number of benzene rings is 1. The molecule has 5 nitrogen and oxygen atoms in total. The topological polar surface area (TPSA) is 75.1 Å². The van der Waals surface area contributed by atoms with Gasteiger partial charge in [-0.3, -0.25) is 4.57 Å². The van der Waals surface area contributed by atoms with Gasteiger partial charge in [-0.15, -0.1) is 0 Å². The second-order valence-electron chi connectivity index (χ2n) is 3.10. The summed E-state index contributed by atoms with van der Waals surface area (Å²) in [5.74, 6) is -1.07. The molecule has 16 heavy (non-hydrogen) atoms. The van der Waals surface area contributed by atoms with Gasteiger partial charge >= 0.3 is 11.7 Å². The van der Waals surface area contributed by atoms with E-state index in [9.17, 15) is 9.59 Å². The summed E-state index contributed by atoms with van der Waals surface area (Å²) in [5, 5.41) is 9.01. The highest BCUT2D eigenvalue weighted by Crippen LogP contribution is 2.19. The van der Waals surface area contributed by atoms with Gasteiger partial charge in [0.2, 0.25) is 0 Å². The molecule has 2 N–H and O–H groups in total. The van der Waals surface area contributed by atoms with Gasteiger partial charge in [-0.05, 0) is 18.2 Å². The summed E-state index contributed by atoms with van der Waals surface area (Å²) in [4.78, 5) is 24.9. The minimum absolute atomic E-state index is 0.0740. The van der Waals surface area contributed by atoms with E-state index in [1.807, 2.05) is 0 Å². The number of H-pyrrole nitrogens is 1. The van der Waals surface area contributed by atoms with Gasteiger partial charge in [0.05, 0.1) is 11.3 Å². The summed E-state index contributed by atoms with van der Waals surface area (Å²) in [5.41, 5.74) is 0.0265. The zero-order chi connectivity index (χ0) is 11.7. The van der Waals surface area contributed by atoms with Gasteiger partial charge in [0.15, 0.2) is 0 Å². The minimum Gasteiger partial charge on any atom is -0.478 e. The van der Waals surface area contributed by atoms with Crippen LogP contribution < -0.4 is 5.69 Å². The van der Waals surface area contributed by atoms with Gasteiger partial charge in [0, 0.05) is 16.9 Å². The number of carboxylic acid groups (broad SMARTS) is 1. The van der Waals surface area contributed by atoms with Crippen molar-refractivity contribution < 1.29 is 9.90 Å². The highest BCUT2D eigenvalue weighted by atomic mass is 79.9. The van der Waals surface area contributed by atoms with Gasteiger partial charge in [-0.1, -0.05) is 15.9 Å². The normalized spacial score (nSPS) is 10.3. The molecule has 1 heterocycles. The SMILES string of the molecule is O=C(O)c1ccc(Br)cc1-n1cc[nH]c1=O. The molecule has 0 bridgehead atoms. The van der Waals surface area contributed by atoms with Crippen molar-refractivity contribution in [3.63, 3.8) is 0 Å². The fourth-order valence-electron chi connectivity index (χ4n) is 1.39. The van der Waals surface area contributed by atoms with Crippen molar-refractivity contribution in [2.24, 2.45) is 0 Å². The van der Waals surface area contributed by atoms with Crippen LogP contribution in [0.5, 0.6) is 0 Å². The van der Waals surface area contributed by atoms with Crippen molar-refractivity contribution in [3.8, 4) is 5.69 Å². The molecule has 2 rings (SSSR count). The van der Waals surface area contributed by atoms with E-state index in [4.69, 9.17) is 5.11 Å². The van der Waals surface area contributed by atoms with Crippen LogP contribution in [-0.4, -0.2) is 20.6 Å². The number of nitrogens with one attached hydrogen (secondary N) is 1. The van der Waals surface area contributed by atoms with Crippen molar-refractivity contribution >= 4 is 21.9 Å². The lowest BCUT2D eigenvalue weighted by Crippen LogP contribution is -2.17. The molecule has 0 fully saturated rings. The van der Waals surface area contributed by atoms with Gasteiger partial charge < -0.3 is 10.1 Å². The number of hydrogen-bond acceptors (Lipinski definition) is 2. The van der Waals surface area contributed by atoms with Crippen LogP contribution >= 0.6 is 15.9 Å². The average molecular weight is 283 g/mol. The molecule has 82 valence electrons. The number of halogens is 1. The molecule has 0 radical (unpaired) electrons. The average Bonchev–Trinajstić information content (AvgIpc) is 2.63. The first-order valence-electron chi connectivity index (χ1n) is 4.39. The predicted molar refractivity (Wildman–Crippen MR) is 61.0 cm³/mol. The highest BCUT2D eigenvalue weighted by molar-refractivity contribution is 9.10. The lowest BCUT2D eigenvalue weighted by atomic mass is 10.2. The van der Waals surface area contributed by atoms with E-state index in [0.717, 1.165) is 0 Å². The fourth-order valence-corrected chi connectivity index (χ4v) is 1.74. The molecule has 1 aromatic heterocycles. The molecule has 2 aromatic rings. The number of imidazole rings is 1. The third-order valence-electron chi connectivity index (χ3n) is 2.10.